The molecule has 0 saturated carbocycles. The van der Waals surface area contributed by atoms with E-state index in [1.165, 1.54) is 27.9 Å². The Morgan fingerprint density at radius 2 is 2.12 bits per heavy atom. The monoisotopic (exact) mass is 362 g/mol. The quantitative estimate of drug-likeness (QED) is 0.548. The highest BCUT2D eigenvalue weighted by Gasteiger charge is 2.19. The van der Waals surface area contributed by atoms with E-state index in [1.807, 2.05) is 25.1 Å². The molecule has 0 atom stereocenters. The highest BCUT2D eigenvalue weighted by molar-refractivity contribution is 7.18. The molecule has 4 aromatic rings. The Hall–Kier alpha value is -2.73. The van der Waals surface area contributed by atoms with Gasteiger partial charge < -0.3 is 4.98 Å². The predicted octanol–water partition coefficient (Wildman–Crippen LogP) is 4.01. The van der Waals surface area contributed by atoms with Crippen LogP contribution < -0.4 is 5.56 Å². The van der Waals surface area contributed by atoms with E-state index in [1.54, 1.807) is 17.6 Å². The summed E-state index contributed by atoms with van der Waals surface area (Å²) in [6.07, 6.45) is 7.67. The first-order valence-electron chi connectivity index (χ1n) is 8.86. The Bertz CT molecular complexity index is 1230. The maximum Gasteiger partial charge on any atom is 0.282 e. The summed E-state index contributed by atoms with van der Waals surface area (Å²) >= 11 is 1.66. The van der Waals surface area contributed by atoms with Crippen molar-refractivity contribution in [2.24, 2.45) is 5.10 Å². The van der Waals surface area contributed by atoms with Gasteiger partial charge >= 0.3 is 0 Å². The first kappa shape index (κ1) is 15.5. The van der Waals surface area contributed by atoms with Crippen molar-refractivity contribution in [3.05, 3.63) is 62.6 Å². The van der Waals surface area contributed by atoms with Crippen LogP contribution in [0.25, 0.3) is 21.1 Å². The summed E-state index contributed by atoms with van der Waals surface area (Å²) in [7, 11) is 0. The number of nitrogens with one attached hydrogen (secondary N) is 1. The lowest BCUT2D eigenvalue weighted by atomic mass is 9.97. The van der Waals surface area contributed by atoms with Crippen molar-refractivity contribution < 1.29 is 0 Å². The molecule has 0 radical (unpaired) electrons. The average molecular weight is 362 g/mol. The van der Waals surface area contributed by atoms with E-state index in [2.05, 4.69) is 21.1 Å². The summed E-state index contributed by atoms with van der Waals surface area (Å²) in [5, 5.41) is 6.30. The summed E-state index contributed by atoms with van der Waals surface area (Å²) in [6.45, 7) is 2.01. The number of thiophene rings is 1. The van der Waals surface area contributed by atoms with E-state index < -0.39 is 0 Å². The molecule has 26 heavy (non-hydrogen) atoms. The molecule has 0 unspecified atom stereocenters. The first-order valence-corrected chi connectivity index (χ1v) is 9.67. The number of benzene rings is 1. The largest absolute Gasteiger partial charge is 0.358 e. The summed E-state index contributed by atoms with van der Waals surface area (Å²) in [5.41, 5.74) is 4.23. The van der Waals surface area contributed by atoms with Crippen LogP contribution in [-0.2, 0) is 12.8 Å². The molecule has 0 saturated heterocycles. The van der Waals surface area contributed by atoms with Crippen molar-refractivity contribution in [2.45, 2.75) is 32.6 Å². The molecule has 5 rings (SSSR count). The number of nitrogens with zero attached hydrogens (tertiary/aromatic N) is 3. The zero-order chi connectivity index (χ0) is 17.7. The minimum Gasteiger partial charge on any atom is -0.358 e. The maximum absolute atomic E-state index is 13.0. The minimum atomic E-state index is -0.0665. The third kappa shape index (κ3) is 2.33. The highest BCUT2D eigenvalue weighted by atomic mass is 32.1. The lowest BCUT2D eigenvalue weighted by Crippen LogP contribution is -2.18. The first-order chi connectivity index (χ1) is 12.7. The molecule has 1 aliphatic carbocycles. The Kier molecular flexibility index (Phi) is 3.53. The number of aryl methyl sites for hydroxylation is 3. The van der Waals surface area contributed by atoms with Crippen molar-refractivity contribution >= 4 is 38.7 Å². The van der Waals surface area contributed by atoms with Crippen molar-refractivity contribution in [1.29, 1.82) is 0 Å². The van der Waals surface area contributed by atoms with Gasteiger partial charge in [0.25, 0.3) is 5.56 Å². The van der Waals surface area contributed by atoms with E-state index in [0.29, 0.717) is 0 Å². The third-order valence-corrected chi connectivity index (χ3v) is 6.31. The molecule has 6 heteroatoms. The molecule has 0 bridgehead atoms. The lowest BCUT2D eigenvalue weighted by molar-refractivity contribution is 0.699. The van der Waals surface area contributed by atoms with Crippen LogP contribution in [0, 0.1) is 6.92 Å². The lowest BCUT2D eigenvalue weighted by Gasteiger charge is -2.09. The Morgan fingerprint density at radius 3 is 3.04 bits per heavy atom. The Labute approximate surface area is 154 Å². The number of hydrogen-bond donors (Lipinski definition) is 1. The molecule has 0 fully saturated rings. The Morgan fingerprint density at radius 1 is 1.27 bits per heavy atom. The number of hydrogen-bond acceptors (Lipinski definition) is 4. The summed E-state index contributed by atoms with van der Waals surface area (Å²) in [4.78, 5) is 23.0. The molecular weight excluding hydrogens is 344 g/mol. The van der Waals surface area contributed by atoms with Gasteiger partial charge in [-0.15, -0.1) is 11.3 Å². The number of aromatic nitrogens is 3. The van der Waals surface area contributed by atoms with Gasteiger partial charge in [-0.25, -0.2) is 4.98 Å². The average Bonchev–Trinajstić information content (AvgIpc) is 3.18. The standard InChI is InChI=1S/C20H18N4OS/c1-12-15(13-6-2-4-8-16(13)23-12)10-22-24-11-21-19-18(20(24)25)14-7-3-5-9-17(14)26-19/h2,4,6,8,10-11,23H,3,5,7,9H2,1H3/b22-10-. The number of fused-ring (bicyclic) bond motifs is 4. The predicted molar refractivity (Wildman–Crippen MR) is 107 cm³/mol. The fourth-order valence-corrected chi connectivity index (χ4v) is 5.02. The molecule has 1 aliphatic rings. The fourth-order valence-electron chi connectivity index (χ4n) is 3.80. The summed E-state index contributed by atoms with van der Waals surface area (Å²) in [5.74, 6) is 0. The van der Waals surface area contributed by atoms with Gasteiger partial charge in [0.15, 0.2) is 0 Å². The van der Waals surface area contributed by atoms with Gasteiger partial charge in [-0.1, -0.05) is 18.2 Å². The van der Waals surface area contributed by atoms with Gasteiger partial charge in [-0.05, 0) is 44.2 Å². The topological polar surface area (TPSA) is 63.0 Å². The molecule has 3 aromatic heterocycles. The van der Waals surface area contributed by atoms with E-state index in [0.717, 1.165) is 51.6 Å². The molecule has 130 valence electrons. The van der Waals surface area contributed by atoms with E-state index in [9.17, 15) is 4.79 Å². The maximum atomic E-state index is 13.0. The van der Waals surface area contributed by atoms with Crippen molar-refractivity contribution in [2.75, 3.05) is 0 Å². The molecule has 3 heterocycles. The number of H-pyrrole nitrogens is 1. The van der Waals surface area contributed by atoms with Crippen molar-refractivity contribution in [1.82, 2.24) is 14.6 Å². The fraction of sp³-hybridized carbons (Fsp3) is 0.250. The smallest absolute Gasteiger partial charge is 0.282 e. The van der Waals surface area contributed by atoms with Gasteiger partial charge in [-0.2, -0.15) is 9.78 Å². The molecule has 1 aromatic carbocycles. The number of rotatable bonds is 2. The number of para-hydroxylation sites is 1. The number of aromatic amines is 1. The minimum absolute atomic E-state index is 0.0665. The zero-order valence-corrected chi connectivity index (χ0v) is 15.3. The van der Waals surface area contributed by atoms with Gasteiger partial charge in [0.1, 0.15) is 11.2 Å². The highest BCUT2D eigenvalue weighted by Crippen LogP contribution is 2.33. The molecular formula is C20H18N4OS. The normalized spacial score (nSPS) is 14.5. The van der Waals surface area contributed by atoms with E-state index >= 15 is 0 Å². The van der Waals surface area contributed by atoms with Crippen LogP contribution >= 0.6 is 11.3 Å². The molecule has 1 N–H and O–H groups in total. The van der Waals surface area contributed by atoms with Crippen molar-refractivity contribution in [3.8, 4) is 0 Å². The van der Waals surface area contributed by atoms with Crippen LogP contribution in [0.15, 0.2) is 40.5 Å². The molecule has 0 aliphatic heterocycles. The van der Waals surface area contributed by atoms with Crippen molar-refractivity contribution in [3.63, 3.8) is 0 Å². The Balaban J connectivity index is 1.63. The van der Waals surface area contributed by atoms with Gasteiger partial charge in [0, 0.05) is 27.0 Å². The van der Waals surface area contributed by atoms with Crippen LogP contribution in [0.2, 0.25) is 0 Å². The van der Waals surface area contributed by atoms with Crippen LogP contribution in [0.5, 0.6) is 0 Å². The van der Waals surface area contributed by atoms with Gasteiger partial charge in [-0.3, -0.25) is 4.79 Å². The van der Waals surface area contributed by atoms with Gasteiger partial charge in [0.05, 0.1) is 11.6 Å². The molecule has 5 nitrogen and oxygen atoms in total. The van der Waals surface area contributed by atoms with Crippen LogP contribution in [0.3, 0.4) is 0 Å². The van der Waals surface area contributed by atoms with E-state index in [4.69, 9.17) is 0 Å². The zero-order valence-electron chi connectivity index (χ0n) is 14.5. The van der Waals surface area contributed by atoms with Crippen LogP contribution in [-0.4, -0.2) is 20.9 Å². The summed E-state index contributed by atoms with van der Waals surface area (Å²) < 4.78 is 1.37. The van der Waals surface area contributed by atoms with Crippen LogP contribution in [0.1, 0.15) is 34.5 Å². The molecule has 0 amide bonds. The second kappa shape index (κ2) is 5.92. The SMILES string of the molecule is Cc1[nH]c2ccccc2c1/C=N\n1cnc2sc3c(c2c1=O)CCCC3. The van der Waals surface area contributed by atoms with E-state index in [-0.39, 0.29) is 5.56 Å². The third-order valence-electron chi connectivity index (χ3n) is 5.11. The summed E-state index contributed by atoms with van der Waals surface area (Å²) in [6, 6.07) is 8.10. The van der Waals surface area contributed by atoms with Crippen LogP contribution in [0.4, 0.5) is 0 Å². The van der Waals surface area contributed by atoms with Gasteiger partial charge in [0.2, 0.25) is 0 Å². The second-order valence-corrected chi connectivity index (χ2v) is 7.82. The molecule has 0 spiro atoms. The second-order valence-electron chi connectivity index (χ2n) is 6.74.